The highest BCUT2D eigenvalue weighted by Crippen LogP contribution is 2.62. The van der Waals surface area contributed by atoms with Gasteiger partial charge in [-0.15, -0.1) is 13.2 Å². The standard InChI is InChI=1S/C46H54FN3O10/c1-3-5-25-57-45(54)49(29-31-12-16-34(47)17-13-31)42-28-40(48-59-30-32-14-18-35(19-15-32)50(55)56)38-26-33(10-6-8-22-51)37(11-7-9-23-52)43-39-27-36(53)20-21-41(39)60-46(42,44(38)43)58-24-4-2/h3-4,12-21,26-27,33,37,42-44,51-53H,1-2,5-11,22-25,28-30H2. The molecule has 1 amide bonds. The van der Waals surface area contributed by atoms with E-state index in [1.54, 1.807) is 59.5 Å². The van der Waals surface area contributed by atoms with Gasteiger partial charge in [0.05, 0.1) is 29.8 Å². The number of rotatable bonds is 21. The molecule has 2 aliphatic carbocycles. The van der Waals surface area contributed by atoms with Crippen molar-refractivity contribution >= 4 is 17.5 Å². The van der Waals surface area contributed by atoms with Crippen LogP contribution in [0.4, 0.5) is 14.9 Å². The molecule has 0 radical (unpaired) electrons. The third-order valence-electron chi connectivity index (χ3n) is 11.6. The Morgan fingerprint density at radius 2 is 1.72 bits per heavy atom. The summed E-state index contributed by atoms with van der Waals surface area (Å²) in [6, 6.07) is 15.9. The van der Waals surface area contributed by atoms with Gasteiger partial charge in [0, 0.05) is 49.8 Å². The molecule has 6 rings (SSSR count). The van der Waals surface area contributed by atoms with Crippen LogP contribution in [0.5, 0.6) is 11.5 Å². The zero-order chi connectivity index (χ0) is 42.6. The zero-order valence-electron chi connectivity index (χ0n) is 33.7. The van der Waals surface area contributed by atoms with Gasteiger partial charge < -0.3 is 34.4 Å². The zero-order valence-corrected chi connectivity index (χ0v) is 33.7. The number of non-ortho nitro benzene ring substituents is 1. The van der Waals surface area contributed by atoms with Gasteiger partial charge >= 0.3 is 6.09 Å². The predicted octanol–water partition coefficient (Wildman–Crippen LogP) is 8.49. The van der Waals surface area contributed by atoms with Crippen molar-refractivity contribution in [3.8, 4) is 11.5 Å². The van der Waals surface area contributed by atoms with E-state index in [1.807, 2.05) is 0 Å². The van der Waals surface area contributed by atoms with E-state index in [1.165, 1.54) is 24.3 Å². The van der Waals surface area contributed by atoms with Crippen molar-refractivity contribution in [3.63, 3.8) is 0 Å². The topological polar surface area (TPSA) is 173 Å². The average molecular weight is 828 g/mol. The van der Waals surface area contributed by atoms with Gasteiger partial charge in [-0.05, 0) is 103 Å². The molecule has 3 N–H and O–H groups in total. The van der Waals surface area contributed by atoms with Crippen LogP contribution >= 0.6 is 0 Å². The summed E-state index contributed by atoms with van der Waals surface area (Å²) in [5, 5.41) is 46.7. The van der Waals surface area contributed by atoms with Crippen molar-refractivity contribution in [1.29, 1.82) is 0 Å². The van der Waals surface area contributed by atoms with E-state index in [9.17, 15) is 34.6 Å². The number of unbranched alkanes of at least 4 members (excludes halogenated alkanes) is 2. The Labute approximate surface area is 349 Å². The number of benzene rings is 3. The van der Waals surface area contributed by atoms with Crippen molar-refractivity contribution in [3.05, 3.63) is 136 Å². The molecule has 320 valence electrons. The summed E-state index contributed by atoms with van der Waals surface area (Å²) >= 11 is 0. The highest BCUT2D eigenvalue weighted by atomic mass is 19.1. The first-order valence-electron chi connectivity index (χ1n) is 20.6. The molecule has 1 saturated carbocycles. The second-order valence-electron chi connectivity index (χ2n) is 15.4. The highest BCUT2D eigenvalue weighted by molar-refractivity contribution is 6.03. The van der Waals surface area contributed by atoms with Crippen LogP contribution in [0.15, 0.2) is 109 Å². The molecule has 0 aromatic heterocycles. The first-order valence-corrected chi connectivity index (χ1v) is 20.6. The lowest BCUT2D eigenvalue weighted by atomic mass is 9.55. The minimum atomic E-state index is -1.59. The van der Waals surface area contributed by atoms with Crippen LogP contribution in [0, 0.1) is 33.7 Å². The van der Waals surface area contributed by atoms with Crippen LogP contribution in [0.3, 0.4) is 0 Å². The Morgan fingerprint density at radius 1 is 1.00 bits per heavy atom. The fraction of sp³-hybridized carbons (Fsp3) is 0.435. The Bertz CT molecular complexity index is 2020. The number of aliphatic hydroxyl groups excluding tert-OH is 2. The number of nitro groups is 1. The van der Waals surface area contributed by atoms with Crippen molar-refractivity contribution < 1.29 is 48.5 Å². The number of nitro benzene ring substituents is 1. The summed E-state index contributed by atoms with van der Waals surface area (Å²) in [6.45, 7) is 7.86. The Balaban J connectivity index is 1.57. The van der Waals surface area contributed by atoms with Gasteiger partial charge in [-0.1, -0.05) is 48.4 Å². The van der Waals surface area contributed by atoms with Gasteiger partial charge in [-0.2, -0.15) is 0 Å². The van der Waals surface area contributed by atoms with Crippen molar-refractivity contribution in [1.82, 2.24) is 4.90 Å². The number of phenols is 1. The maximum atomic E-state index is 14.5. The fourth-order valence-electron chi connectivity index (χ4n) is 8.96. The molecule has 0 saturated heterocycles. The van der Waals surface area contributed by atoms with E-state index >= 15 is 0 Å². The average Bonchev–Trinajstić information content (AvgIpc) is 3.24. The van der Waals surface area contributed by atoms with Crippen LogP contribution in [0.1, 0.15) is 74.0 Å². The molecule has 6 atom stereocenters. The number of carbonyl (C=O) groups is 1. The minimum Gasteiger partial charge on any atom is -0.508 e. The van der Waals surface area contributed by atoms with Gasteiger partial charge in [0.25, 0.3) is 5.69 Å². The summed E-state index contributed by atoms with van der Waals surface area (Å²) in [4.78, 5) is 32.9. The maximum absolute atomic E-state index is 14.5. The molecule has 13 nitrogen and oxygen atoms in total. The largest absolute Gasteiger partial charge is 0.508 e. The monoisotopic (exact) mass is 827 g/mol. The maximum Gasteiger partial charge on any atom is 0.410 e. The number of oxime groups is 1. The second kappa shape index (κ2) is 20.6. The number of allylic oxidation sites excluding steroid dienone is 1. The number of aliphatic hydroxyl groups is 2. The van der Waals surface area contributed by atoms with E-state index in [-0.39, 0.29) is 75.2 Å². The third kappa shape index (κ3) is 9.89. The highest BCUT2D eigenvalue weighted by Gasteiger charge is 2.65. The Morgan fingerprint density at radius 3 is 2.40 bits per heavy atom. The third-order valence-corrected chi connectivity index (χ3v) is 11.6. The minimum absolute atomic E-state index is 0.00848. The lowest BCUT2D eigenvalue weighted by Gasteiger charge is -2.59. The molecule has 3 aliphatic rings. The van der Waals surface area contributed by atoms with Crippen LogP contribution in [-0.2, 0) is 27.5 Å². The van der Waals surface area contributed by atoms with Crippen molar-refractivity contribution in [2.45, 2.75) is 82.3 Å². The molecule has 1 fully saturated rings. The molecule has 6 unspecified atom stereocenters. The summed E-state index contributed by atoms with van der Waals surface area (Å²) in [6.07, 6.45) is 9.36. The van der Waals surface area contributed by atoms with E-state index in [4.69, 9.17) is 24.2 Å². The number of nitrogens with zero attached hydrogens (tertiary/aromatic N) is 3. The van der Waals surface area contributed by atoms with Gasteiger partial charge in [0.1, 0.15) is 30.0 Å². The van der Waals surface area contributed by atoms with E-state index in [0.29, 0.717) is 54.7 Å². The van der Waals surface area contributed by atoms with E-state index in [0.717, 1.165) is 24.0 Å². The molecule has 60 heavy (non-hydrogen) atoms. The van der Waals surface area contributed by atoms with Gasteiger partial charge in [0.15, 0.2) is 0 Å². The number of hydrogen-bond acceptors (Lipinski definition) is 11. The normalized spacial score (nSPS) is 23.4. The number of aromatic hydroxyl groups is 1. The number of phenolic OH excluding ortho intramolecular Hbond substituents is 1. The van der Waals surface area contributed by atoms with Crippen LogP contribution < -0.4 is 4.74 Å². The number of hydrogen-bond donors (Lipinski definition) is 3. The summed E-state index contributed by atoms with van der Waals surface area (Å²) in [7, 11) is 0. The first-order chi connectivity index (χ1) is 29.1. The SMILES string of the molecule is C=CCCOC(=O)N(Cc1ccc(F)cc1)C1CC(=NOCc2ccc([N+](=O)[O-])cc2)C2=CC(CCCCO)C(CCCCO)C3c4cc(O)ccc4OC1(OCC=C)C23. The molecule has 14 heteroatoms. The molecule has 1 aliphatic heterocycles. The van der Waals surface area contributed by atoms with Crippen LogP contribution in [-0.4, -0.2) is 75.2 Å². The Hall–Kier alpha value is -5.57. The lowest BCUT2D eigenvalue weighted by Crippen LogP contribution is -2.70. The van der Waals surface area contributed by atoms with Gasteiger partial charge in [0.2, 0.25) is 5.79 Å². The van der Waals surface area contributed by atoms with E-state index < -0.39 is 34.6 Å². The Kier molecular flexibility index (Phi) is 15.1. The summed E-state index contributed by atoms with van der Waals surface area (Å²) in [5.41, 5.74) is 3.28. The molecule has 1 heterocycles. The summed E-state index contributed by atoms with van der Waals surface area (Å²) in [5.74, 6) is -2.60. The molecule has 3 aromatic carbocycles. The molecule has 0 bridgehead atoms. The number of fused-ring (bicyclic) bond motifs is 2. The van der Waals surface area contributed by atoms with Crippen LogP contribution in [0.2, 0.25) is 0 Å². The van der Waals surface area contributed by atoms with Crippen molar-refractivity contribution in [2.75, 3.05) is 26.4 Å². The molecule has 3 aromatic rings. The van der Waals surface area contributed by atoms with E-state index in [2.05, 4.69) is 19.2 Å². The number of amides is 1. The molecular weight excluding hydrogens is 774 g/mol. The number of carbonyl (C=O) groups excluding carboxylic acids is 1. The van der Waals surface area contributed by atoms with Crippen molar-refractivity contribution in [2.24, 2.45) is 22.9 Å². The molecule has 0 spiro atoms. The van der Waals surface area contributed by atoms with Crippen LogP contribution in [0.25, 0.3) is 0 Å². The predicted molar refractivity (Wildman–Crippen MR) is 223 cm³/mol. The first kappa shape index (κ1) is 44.0. The quantitative estimate of drug-likeness (QED) is 0.0409. The smallest absolute Gasteiger partial charge is 0.410 e. The fourth-order valence-corrected chi connectivity index (χ4v) is 8.96. The second-order valence-corrected chi connectivity index (χ2v) is 15.4. The van der Waals surface area contributed by atoms with Gasteiger partial charge in [-0.3, -0.25) is 15.0 Å². The molecular formula is C46H54FN3O10. The number of halogens is 1. The number of ether oxygens (including phenoxy) is 3. The van der Waals surface area contributed by atoms with Gasteiger partial charge in [-0.25, -0.2) is 9.18 Å². The summed E-state index contributed by atoms with van der Waals surface area (Å²) < 4.78 is 34.1. The lowest BCUT2D eigenvalue weighted by molar-refractivity contribution is -0.384.